The predicted molar refractivity (Wildman–Crippen MR) is 79.1 cm³/mol. The summed E-state index contributed by atoms with van der Waals surface area (Å²) in [5, 5.41) is 0. The van der Waals surface area contributed by atoms with Crippen LogP contribution in [-0.4, -0.2) is 44.3 Å². The summed E-state index contributed by atoms with van der Waals surface area (Å²) in [4.78, 5) is 25.3. The highest BCUT2D eigenvalue weighted by atomic mass is 19.1. The van der Waals surface area contributed by atoms with E-state index in [1.54, 1.807) is 39.2 Å². The van der Waals surface area contributed by atoms with Crippen molar-refractivity contribution in [1.29, 1.82) is 0 Å². The first-order chi connectivity index (χ1) is 10.3. The normalized spacial score (nSPS) is 22.3. The maximum absolute atomic E-state index is 13.9. The van der Waals surface area contributed by atoms with Gasteiger partial charge >= 0.3 is 6.09 Å². The number of aromatic amines is 1. The number of fused-ring (bicyclic) bond motifs is 1. The molecule has 3 heterocycles. The third-order valence-electron chi connectivity index (χ3n) is 3.50. The van der Waals surface area contributed by atoms with Crippen molar-refractivity contribution < 1.29 is 13.9 Å². The Kier molecular flexibility index (Phi) is 3.50. The van der Waals surface area contributed by atoms with E-state index in [2.05, 4.69) is 15.0 Å². The number of hydrogen-bond acceptors (Lipinski definition) is 4. The molecular formula is C15H19FN4O2. The van der Waals surface area contributed by atoms with Gasteiger partial charge in [0.2, 0.25) is 0 Å². The zero-order valence-electron chi connectivity index (χ0n) is 12.8. The van der Waals surface area contributed by atoms with Gasteiger partial charge in [-0.15, -0.1) is 0 Å². The van der Waals surface area contributed by atoms with Crippen molar-refractivity contribution in [3.63, 3.8) is 0 Å². The van der Waals surface area contributed by atoms with E-state index >= 15 is 0 Å². The molecule has 1 amide bonds. The van der Waals surface area contributed by atoms with E-state index in [0.29, 0.717) is 5.82 Å². The zero-order chi connectivity index (χ0) is 15.9. The van der Waals surface area contributed by atoms with Crippen molar-refractivity contribution >= 4 is 17.1 Å². The number of carbonyl (C=O) groups excluding carboxylic acids is 1. The summed E-state index contributed by atoms with van der Waals surface area (Å²) in [5.41, 5.74) is 0.897. The molecule has 3 rings (SSSR count). The number of carbonyl (C=O) groups is 1. The average Bonchev–Trinajstić information content (AvgIpc) is 2.99. The van der Waals surface area contributed by atoms with Gasteiger partial charge in [-0.3, -0.25) is 9.88 Å². The number of hydrogen-bond donors (Lipinski definition) is 1. The first-order valence-electron chi connectivity index (χ1n) is 7.27. The zero-order valence-corrected chi connectivity index (χ0v) is 12.8. The summed E-state index contributed by atoms with van der Waals surface area (Å²) in [7, 11) is 0. The number of nitrogens with one attached hydrogen (secondary N) is 1. The van der Waals surface area contributed by atoms with Crippen molar-refractivity contribution in [3.05, 3.63) is 24.3 Å². The Bertz CT molecular complexity index is 661. The predicted octanol–water partition coefficient (Wildman–Crippen LogP) is 2.98. The molecule has 1 aliphatic rings. The summed E-state index contributed by atoms with van der Waals surface area (Å²) in [5.74, 6) is 0.564. The van der Waals surface area contributed by atoms with Gasteiger partial charge in [-0.1, -0.05) is 0 Å². The quantitative estimate of drug-likeness (QED) is 0.879. The smallest absolute Gasteiger partial charge is 0.411 e. The lowest BCUT2D eigenvalue weighted by atomic mass is 10.2. The second-order valence-electron chi connectivity index (χ2n) is 6.50. The van der Waals surface area contributed by atoms with Crippen LogP contribution in [0.2, 0.25) is 0 Å². The lowest BCUT2D eigenvalue weighted by Gasteiger charge is -2.27. The Morgan fingerprint density at radius 2 is 2.27 bits per heavy atom. The molecule has 0 unspecified atom stereocenters. The van der Waals surface area contributed by atoms with Crippen molar-refractivity contribution in [3.8, 4) is 0 Å². The molecule has 0 bridgehead atoms. The van der Waals surface area contributed by atoms with Crippen LogP contribution in [0.5, 0.6) is 0 Å². The largest absolute Gasteiger partial charge is 0.444 e. The molecule has 0 aliphatic carbocycles. The number of pyridine rings is 1. The van der Waals surface area contributed by atoms with Crippen molar-refractivity contribution in [2.75, 3.05) is 6.54 Å². The molecule has 2 atom stereocenters. The lowest BCUT2D eigenvalue weighted by molar-refractivity contribution is 0.0211. The number of nitrogens with zero attached hydrogens (tertiary/aromatic N) is 3. The average molecular weight is 306 g/mol. The monoisotopic (exact) mass is 306 g/mol. The van der Waals surface area contributed by atoms with Gasteiger partial charge in [0.1, 0.15) is 17.6 Å². The van der Waals surface area contributed by atoms with Gasteiger partial charge in [0, 0.05) is 12.6 Å². The molecule has 2 aromatic heterocycles. The van der Waals surface area contributed by atoms with Crippen molar-refractivity contribution in [2.24, 2.45) is 0 Å². The summed E-state index contributed by atoms with van der Waals surface area (Å²) in [6.07, 6.45) is 1.92. The van der Waals surface area contributed by atoms with E-state index in [1.165, 1.54) is 4.90 Å². The third-order valence-corrected chi connectivity index (χ3v) is 3.50. The van der Waals surface area contributed by atoms with Crippen molar-refractivity contribution in [2.45, 2.75) is 45.0 Å². The number of amides is 1. The molecule has 1 aliphatic heterocycles. The molecule has 22 heavy (non-hydrogen) atoms. The number of ether oxygens (including phenoxy) is 1. The van der Waals surface area contributed by atoms with E-state index in [0.717, 1.165) is 11.0 Å². The van der Waals surface area contributed by atoms with Crippen LogP contribution in [0.15, 0.2) is 18.5 Å². The Balaban J connectivity index is 1.88. The van der Waals surface area contributed by atoms with Gasteiger partial charge in [0.25, 0.3) is 0 Å². The van der Waals surface area contributed by atoms with Gasteiger partial charge in [-0.2, -0.15) is 0 Å². The van der Waals surface area contributed by atoms with Crippen LogP contribution < -0.4 is 0 Å². The number of H-pyrrole nitrogens is 1. The van der Waals surface area contributed by atoms with Gasteiger partial charge in [0.05, 0.1) is 29.8 Å². The lowest BCUT2D eigenvalue weighted by Crippen LogP contribution is -2.37. The Morgan fingerprint density at radius 3 is 2.95 bits per heavy atom. The Morgan fingerprint density at radius 1 is 1.50 bits per heavy atom. The van der Waals surface area contributed by atoms with Gasteiger partial charge < -0.3 is 9.72 Å². The highest BCUT2D eigenvalue weighted by molar-refractivity contribution is 5.74. The standard InChI is InChI=1S/C15H19FN4O2/c1-15(2,3)22-14(21)20-8-9(16)6-12(20)13-18-10-4-5-17-7-11(10)19-13/h4-5,7,9,12H,6,8H2,1-3H3,(H,18,19)/t9-,12+/m1/s1. The molecule has 1 N–H and O–H groups in total. The molecular weight excluding hydrogens is 287 g/mol. The molecule has 118 valence electrons. The van der Waals surface area contributed by atoms with E-state index < -0.39 is 23.9 Å². The number of aromatic nitrogens is 3. The van der Waals surface area contributed by atoms with E-state index in [4.69, 9.17) is 4.74 Å². The molecule has 1 fully saturated rings. The van der Waals surface area contributed by atoms with Crippen molar-refractivity contribution in [1.82, 2.24) is 19.9 Å². The molecule has 0 radical (unpaired) electrons. The first kappa shape index (κ1) is 14.7. The first-order valence-corrected chi connectivity index (χ1v) is 7.27. The highest BCUT2D eigenvalue weighted by Crippen LogP contribution is 2.34. The third kappa shape index (κ3) is 2.88. The summed E-state index contributed by atoms with van der Waals surface area (Å²) < 4.78 is 19.2. The molecule has 0 saturated carbocycles. The SMILES string of the molecule is CC(C)(C)OC(=O)N1C[C@H](F)C[C@H]1c1nc2ccncc2[nH]1. The number of likely N-dealkylation sites (tertiary alicyclic amines) is 1. The van der Waals surface area contributed by atoms with E-state index in [9.17, 15) is 9.18 Å². The molecule has 2 aromatic rings. The van der Waals surface area contributed by atoms with E-state index in [-0.39, 0.29) is 13.0 Å². The maximum atomic E-state index is 13.9. The molecule has 0 spiro atoms. The second kappa shape index (κ2) is 5.23. The molecule has 0 aromatic carbocycles. The van der Waals surface area contributed by atoms with Crippen LogP contribution in [0.25, 0.3) is 11.0 Å². The molecule has 6 nitrogen and oxygen atoms in total. The Labute approximate surface area is 127 Å². The fraction of sp³-hybridized carbons (Fsp3) is 0.533. The topological polar surface area (TPSA) is 71.1 Å². The maximum Gasteiger partial charge on any atom is 0.411 e. The fourth-order valence-electron chi connectivity index (χ4n) is 2.60. The number of imidazole rings is 1. The minimum absolute atomic E-state index is 0.0227. The van der Waals surface area contributed by atoms with Crippen LogP contribution in [0, 0.1) is 0 Å². The number of rotatable bonds is 1. The fourth-order valence-corrected chi connectivity index (χ4v) is 2.60. The second-order valence-corrected chi connectivity index (χ2v) is 6.50. The summed E-state index contributed by atoms with van der Waals surface area (Å²) >= 11 is 0. The minimum Gasteiger partial charge on any atom is -0.444 e. The van der Waals surface area contributed by atoms with Gasteiger partial charge in [-0.25, -0.2) is 14.2 Å². The summed E-state index contributed by atoms with van der Waals surface area (Å²) in [6, 6.07) is 1.33. The van der Waals surface area contributed by atoms with Crippen LogP contribution >= 0.6 is 0 Å². The number of alkyl halides is 1. The molecule has 7 heteroatoms. The Hall–Kier alpha value is -2.18. The van der Waals surface area contributed by atoms with E-state index in [1.807, 2.05) is 0 Å². The van der Waals surface area contributed by atoms with Crippen LogP contribution in [0.4, 0.5) is 9.18 Å². The summed E-state index contributed by atoms with van der Waals surface area (Å²) in [6.45, 7) is 5.39. The number of halogens is 1. The van der Waals surface area contributed by atoms with Crippen LogP contribution in [0.3, 0.4) is 0 Å². The van der Waals surface area contributed by atoms with Gasteiger partial charge in [-0.05, 0) is 26.8 Å². The minimum atomic E-state index is -1.08. The highest BCUT2D eigenvalue weighted by Gasteiger charge is 2.40. The van der Waals surface area contributed by atoms with Crippen LogP contribution in [-0.2, 0) is 4.74 Å². The van der Waals surface area contributed by atoms with Crippen LogP contribution in [0.1, 0.15) is 39.1 Å². The molecule has 1 saturated heterocycles. The van der Waals surface area contributed by atoms with Gasteiger partial charge in [0.15, 0.2) is 0 Å².